The summed E-state index contributed by atoms with van der Waals surface area (Å²) in [6.07, 6.45) is 3.12. The van der Waals surface area contributed by atoms with Crippen LogP contribution in [-0.2, 0) is 6.54 Å². The second kappa shape index (κ2) is 6.24. The van der Waals surface area contributed by atoms with Crippen molar-refractivity contribution in [2.75, 3.05) is 39.8 Å². The summed E-state index contributed by atoms with van der Waals surface area (Å²) in [6, 6.07) is 6.33. The van der Waals surface area contributed by atoms with Gasteiger partial charge in [0, 0.05) is 42.6 Å². The SMILES string of the molecule is CN1CCN(CCCn2ncc3ccc(Br)cc32)CC1. The Balaban J connectivity index is 1.56. The lowest BCUT2D eigenvalue weighted by Crippen LogP contribution is -2.44. The van der Waals surface area contributed by atoms with Crippen LogP contribution in [0.1, 0.15) is 6.42 Å². The molecule has 0 spiro atoms. The molecule has 0 aliphatic carbocycles. The molecule has 0 N–H and O–H groups in total. The van der Waals surface area contributed by atoms with E-state index in [2.05, 4.69) is 60.8 Å². The molecule has 1 aromatic carbocycles. The lowest BCUT2D eigenvalue weighted by molar-refractivity contribution is 0.151. The van der Waals surface area contributed by atoms with E-state index in [1.54, 1.807) is 0 Å². The van der Waals surface area contributed by atoms with Crippen LogP contribution in [0.3, 0.4) is 0 Å². The van der Waals surface area contributed by atoms with Crippen molar-refractivity contribution in [3.05, 3.63) is 28.9 Å². The maximum atomic E-state index is 4.50. The fraction of sp³-hybridized carbons (Fsp3) is 0.533. The lowest BCUT2D eigenvalue weighted by atomic mass is 10.2. The van der Waals surface area contributed by atoms with Crippen LogP contribution < -0.4 is 0 Å². The zero-order valence-electron chi connectivity index (χ0n) is 11.9. The molecule has 0 unspecified atom stereocenters. The summed E-state index contributed by atoms with van der Waals surface area (Å²) < 4.78 is 3.24. The van der Waals surface area contributed by atoms with Gasteiger partial charge in [-0.05, 0) is 32.1 Å². The minimum absolute atomic E-state index is 0.992. The Morgan fingerprint density at radius 3 is 2.75 bits per heavy atom. The first kappa shape index (κ1) is 14.0. The van der Waals surface area contributed by atoms with E-state index in [4.69, 9.17) is 0 Å². The van der Waals surface area contributed by atoms with Crippen molar-refractivity contribution in [3.63, 3.8) is 0 Å². The highest BCUT2D eigenvalue weighted by atomic mass is 79.9. The Bertz CT molecular complexity index is 572. The van der Waals surface area contributed by atoms with Gasteiger partial charge in [-0.15, -0.1) is 0 Å². The van der Waals surface area contributed by atoms with Crippen LogP contribution in [0.15, 0.2) is 28.9 Å². The molecule has 108 valence electrons. The maximum absolute atomic E-state index is 4.50. The van der Waals surface area contributed by atoms with Gasteiger partial charge in [0.15, 0.2) is 0 Å². The van der Waals surface area contributed by atoms with Crippen LogP contribution in [0.25, 0.3) is 10.9 Å². The van der Waals surface area contributed by atoms with Crippen molar-refractivity contribution < 1.29 is 0 Å². The van der Waals surface area contributed by atoms with Crippen molar-refractivity contribution in [2.24, 2.45) is 0 Å². The predicted molar refractivity (Wildman–Crippen MR) is 86.0 cm³/mol. The number of nitrogens with zero attached hydrogens (tertiary/aromatic N) is 4. The van der Waals surface area contributed by atoms with Gasteiger partial charge in [-0.25, -0.2) is 0 Å². The first-order chi connectivity index (χ1) is 9.72. The van der Waals surface area contributed by atoms with E-state index in [-0.39, 0.29) is 0 Å². The Labute approximate surface area is 128 Å². The zero-order valence-corrected chi connectivity index (χ0v) is 13.5. The number of rotatable bonds is 4. The molecular formula is C15H21BrN4. The van der Waals surface area contributed by atoms with Gasteiger partial charge in [0.05, 0.1) is 11.7 Å². The molecule has 1 aromatic heterocycles. The first-order valence-corrected chi connectivity index (χ1v) is 8.04. The van der Waals surface area contributed by atoms with E-state index in [1.165, 1.54) is 43.6 Å². The lowest BCUT2D eigenvalue weighted by Gasteiger charge is -2.32. The summed E-state index contributed by atoms with van der Waals surface area (Å²) >= 11 is 3.53. The zero-order chi connectivity index (χ0) is 13.9. The van der Waals surface area contributed by atoms with Crippen LogP contribution in [0.2, 0.25) is 0 Å². The average molecular weight is 337 g/mol. The van der Waals surface area contributed by atoms with Crippen molar-refractivity contribution in [1.29, 1.82) is 0 Å². The highest BCUT2D eigenvalue weighted by Crippen LogP contribution is 2.19. The number of aromatic nitrogens is 2. The van der Waals surface area contributed by atoms with Gasteiger partial charge < -0.3 is 9.80 Å². The Morgan fingerprint density at radius 1 is 1.15 bits per heavy atom. The van der Waals surface area contributed by atoms with Gasteiger partial charge in [-0.1, -0.05) is 22.0 Å². The smallest absolute Gasteiger partial charge is 0.0693 e. The normalized spacial score (nSPS) is 17.9. The molecule has 5 heteroatoms. The molecule has 4 nitrogen and oxygen atoms in total. The minimum Gasteiger partial charge on any atom is -0.304 e. The van der Waals surface area contributed by atoms with E-state index in [0.29, 0.717) is 0 Å². The van der Waals surface area contributed by atoms with Gasteiger partial charge >= 0.3 is 0 Å². The first-order valence-electron chi connectivity index (χ1n) is 7.24. The van der Waals surface area contributed by atoms with Gasteiger partial charge in [0.2, 0.25) is 0 Å². The van der Waals surface area contributed by atoms with Gasteiger partial charge in [-0.2, -0.15) is 5.10 Å². The molecule has 0 radical (unpaired) electrons. The van der Waals surface area contributed by atoms with Crippen molar-refractivity contribution in [3.8, 4) is 0 Å². The average Bonchev–Trinajstić information content (AvgIpc) is 2.84. The Morgan fingerprint density at radius 2 is 1.95 bits per heavy atom. The Kier molecular flexibility index (Phi) is 4.38. The highest BCUT2D eigenvalue weighted by molar-refractivity contribution is 9.10. The van der Waals surface area contributed by atoms with Crippen molar-refractivity contribution >= 4 is 26.8 Å². The van der Waals surface area contributed by atoms with Crippen LogP contribution in [0, 0.1) is 0 Å². The molecule has 20 heavy (non-hydrogen) atoms. The van der Waals surface area contributed by atoms with Crippen molar-refractivity contribution in [2.45, 2.75) is 13.0 Å². The van der Waals surface area contributed by atoms with Crippen LogP contribution in [0.5, 0.6) is 0 Å². The van der Waals surface area contributed by atoms with Crippen LogP contribution >= 0.6 is 15.9 Å². The number of hydrogen-bond acceptors (Lipinski definition) is 3. The summed E-state index contributed by atoms with van der Waals surface area (Å²) in [5, 5.41) is 5.72. The Hall–Kier alpha value is -0.910. The second-order valence-electron chi connectivity index (χ2n) is 5.57. The summed E-state index contributed by atoms with van der Waals surface area (Å²) in [5.74, 6) is 0. The maximum Gasteiger partial charge on any atom is 0.0693 e. The quantitative estimate of drug-likeness (QED) is 0.857. The number of fused-ring (bicyclic) bond motifs is 1. The molecule has 0 bridgehead atoms. The number of hydrogen-bond donors (Lipinski definition) is 0. The molecule has 1 saturated heterocycles. The van der Waals surface area contributed by atoms with E-state index >= 15 is 0 Å². The highest BCUT2D eigenvalue weighted by Gasteiger charge is 2.13. The van der Waals surface area contributed by atoms with Gasteiger partial charge in [-0.3, -0.25) is 4.68 Å². The largest absolute Gasteiger partial charge is 0.304 e. The summed E-state index contributed by atoms with van der Waals surface area (Å²) in [6.45, 7) is 6.94. The molecule has 2 heterocycles. The fourth-order valence-electron chi connectivity index (χ4n) is 2.74. The molecule has 2 aromatic rings. The number of likely N-dealkylation sites (N-methyl/N-ethyl adjacent to an activating group) is 1. The molecule has 1 fully saturated rings. The number of benzene rings is 1. The molecule has 0 saturated carbocycles. The molecule has 3 rings (SSSR count). The van der Waals surface area contributed by atoms with Crippen LogP contribution in [0.4, 0.5) is 0 Å². The third kappa shape index (κ3) is 3.22. The molecule has 1 aliphatic rings. The second-order valence-corrected chi connectivity index (χ2v) is 6.48. The van der Waals surface area contributed by atoms with Crippen LogP contribution in [-0.4, -0.2) is 59.4 Å². The molecule has 0 atom stereocenters. The van der Waals surface area contributed by atoms with E-state index in [0.717, 1.165) is 17.4 Å². The van der Waals surface area contributed by atoms with E-state index < -0.39 is 0 Å². The number of piperazine rings is 1. The van der Waals surface area contributed by atoms with Gasteiger partial charge in [0.25, 0.3) is 0 Å². The summed E-state index contributed by atoms with van der Waals surface area (Å²) in [5.41, 5.74) is 1.22. The summed E-state index contributed by atoms with van der Waals surface area (Å²) in [7, 11) is 2.20. The standard InChI is InChI=1S/C15H21BrN4/c1-18-7-9-19(10-8-18)5-2-6-20-15-11-14(16)4-3-13(15)12-17-20/h3-4,11-12H,2,5-10H2,1H3. The predicted octanol–water partition coefficient (Wildman–Crippen LogP) is 2.44. The van der Waals surface area contributed by atoms with E-state index in [9.17, 15) is 0 Å². The number of halogens is 1. The number of aryl methyl sites for hydroxylation is 1. The van der Waals surface area contributed by atoms with Crippen molar-refractivity contribution in [1.82, 2.24) is 19.6 Å². The van der Waals surface area contributed by atoms with Gasteiger partial charge in [0.1, 0.15) is 0 Å². The topological polar surface area (TPSA) is 24.3 Å². The third-order valence-corrected chi connectivity index (χ3v) is 4.54. The monoisotopic (exact) mass is 336 g/mol. The molecule has 1 aliphatic heterocycles. The summed E-state index contributed by atoms with van der Waals surface area (Å²) in [4.78, 5) is 4.96. The third-order valence-electron chi connectivity index (χ3n) is 4.05. The minimum atomic E-state index is 0.992. The van der Waals surface area contributed by atoms with E-state index in [1.807, 2.05) is 6.20 Å². The molecular weight excluding hydrogens is 316 g/mol. The fourth-order valence-corrected chi connectivity index (χ4v) is 3.09. The molecule has 0 amide bonds.